The van der Waals surface area contributed by atoms with Crippen molar-refractivity contribution in [1.82, 2.24) is 5.32 Å². The van der Waals surface area contributed by atoms with Crippen molar-refractivity contribution in [2.45, 2.75) is 144 Å². The van der Waals surface area contributed by atoms with Gasteiger partial charge in [-0.2, -0.15) is 0 Å². The first-order chi connectivity index (χ1) is 20.2. The van der Waals surface area contributed by atoms with Crippen molar-refractivity contribution in [2.75, 3.05) is 6.54 Å². The lowest BCUT2D eigenvalue weighted by Crippen LogP contribution is -2.68. The van der Waals surface area contributed by atoms with Crippen LogP contribution in [0, 0.1) is 57.2 Å². The number of fused-ring (bicyclic) bond motifs is 7. The second-order valence-corrected chi connectivity index (χ2v) is 17.8. The van der Waals surface area contributed by atoms with Gasteiger partial charge in [0.05, 0.1) is 5.92 Å². The van der Waals surface area contributed by atoms with Gasteiger partial charge in [0.1, 0.15) is 0 Å². The molecule has 3 heteroatoms. The summed E-state index contributed by atoms with van der Waals surface area (Å²) in [5, 5.41) is 13.7. The lowest BCUT2D eigenvalue weighted by atomic mass is 9.33. The molecule has 0 aromatic rings. The van der Waals surface area contributed by atoms with Crippen LogP contribution in [0.4, 0.5) is 0 Å². The second-order valence-electron chi connectivity index (χ2n) is 17.8. The molecule has 240 valence electrons. The monoisotopic (exact) mass is 589 g/mol. The highest BCUT2D eigenvalue weighted by Crippen LogP contribution is 2.76. The van der Waals surface area contributed by atoms with E-state index >= 15 is 0 Å². The van der Waals surface area contributed by atoms with E-state index in [1.807, 2.05) is 0 Å². The van der Waals surface area contributed by atoms with Crippen LogP contribution in [0.3, 0.4) is 0 Å². The Kier molecular flexibility index (Phi) is 8.00. The van der Waals surface area contributed by atoms with E-state index in [0.717, 1.165) is 50.0 Å². The molecule has 5 fully saturated rings. The molecule has 0 aliphatic heterocycles. The fraction of sp³-hybridized carbons (Fsp3) is 0.825. The number of hydrogen-bond donors (Lipinski definition) is 2. The lowest BCUT2D eigenvalue weighted by molar-refractivity contribution is -0.221. The number of rotatable bonds is 6. The van der Waals surface area contributed by atoms with Crippen LogP contribution in [-0.4, -0.2) is 23.2 Å². The Bertz CT molecular complexity index is 1180. The van der Waals surface area contributed by atoms with Gasteiger partial charge in [-0.25, -0.2) is 0 Å². The van der Waals surface area contributed by atoms with E-state index in [4.69, 9.17) is 0 Å². The predicted molar refractivity (Wildman–Crippen MR) is 179 cm³/mol. The van der Waals surface area contributed by atoms with Crippen LogP contribution in [-0.2, 0) is 4.79 Å². The van der Waals surface area contributed by atoms with Gasteiger partial charge in [0.2, 0.25) is 0 Å². The molecule has 6 rings (SSSR count). The van der Waals surface area contributed by atoms with Crippen LogP contribution in [0.15, 0.2) is 35.5 Å². The summed E-state index contributed by atoms with van der Waals surface area (Å²) in [6.07, 6.45) is 22.0. The summed E-state index contributed by atoms with van der Waals surface area (Å²) in [6, 6.07) is 0. The van der Waals surface area contributed by atoms with Gasteiger partial charge in [0.15, 0.2) is 0 Å². The highest BCUT2D eigenvalue weighted by molar-refractivity contribution is 5.70. The van der Waals surface area contributed by atoms with Crippen LogP contribution in [0.25, 0.3) is 0 Å². The minimum Gasteiger partial charge on any atom is -0.481 e. The molecular formula is C40H63NO2. The highest BCUT2D eigenvalue weighted by Gasteiger charge is 2.70. The summed E-state index contributed by atoms with van der Waals surface area (Å²) in [7, 11) is 0. The van der Waals surface area contributed by atoms with Crippen molar-refractivity contribution >= 4 is 5.97 Å². The average Bonchev–Trinajstić information content (AvgIpc) is 3.34. The van der Waals surface area contributed by atoms with Crippen molar-refractivity contribution < 1.29 is 9.90 Å². The van der Waals surface area contributed by atoms with Gasteiger partial charge in [-0.1, -0.05) is 71.4 Å². The predicted octanol–water partition coefficient (Wildman–Crippen LogP) is 10.1. The molecule has 9 unspecified atom stereocenters. The van der Waals surface area contributed by atoms with E-state index < -0.39 is 5.97 Å². The van der Waals surface area contributed by atoms with Gasteiger partial charge in [-0.3, -0.25) is 4.79 Å². The molecule has 0 saturated heterocycles. The summed E-state index contributed by atoms with van der Waals surface area (Å²) in [5.74, 6) is 2.94. The second kappa shape index (κ2) is 10.9. The molecule has 0 radical (unpaired) electrons. The van der Waals surface area contributed by atoms with Crippen molar-refractivity contribution in [2.24, 2.45) is 57.2 Å². The number of nitrogens with one attached hydrogen (secondary N) is 1. The molecule has 2 N–H and O–H groups in total. The van der Waals surface area contributed by atoms with Crippen LogP contribution >= 0.6 is 0 Å². The van der Waals surface area contributed by atoms with Gasteiger partial charge in [-0.05, 0) is 160 Å². The number of allylic oxidation sites excluding steroid dienone is 5. The number of carboxylic acids is 1. The first kappa shape index (κ1) is 31.6. The van der Waals surface area contributed by atoms with Gasteiger partial charge >= 0.3 is 5.97 Å². The maximum atomic E-state index is 11.5. The molecule has 0 heterocycles. The van der Waals surface area contributed by atoms with Crippen LogP contribution in [0.5, 0.6) is 0 Å². The Morgan fingerprint density at radius 1 is 0.953 bits per heavy atom. The highest BCUT2D eigenvalue weighted by atomic mass is 16.4. The van der Waals surface area contributed by atoms with Crippen molar-refractivity contribution in [3.63, 3.8) is 0 Å². The summed E-state index contributed by atoms with van der Waals surface area (Å²) in [4.78, 5) is 11.5. The zero-order chi connectivity index (χ0) is 31.0. The third-order valence-electron chi connectivity index (χ3n) is 15.8. The normalized spacial score (nSPS) is 47.0. The molecular weight excluding hydrogens is 526 g/mol. The van der Waals surface area contributed by atoms with Gasteiger partial charge < -0.3 is 10.4 Å². The fourth-order valence-electron chi connectivity index (χ4n) is 13.3. The molecule has 43 heavy (non-hydrogen) atoms. The van der Waals surface area contributed by atoms with E-state index in [1.165, 1.54) is 75.4 Å². The quantitative estimate of drug-likeness (QED) is 0.303. The molecule has 6 aliphatic rings. The van der Waals surface area contributed by atoms with E-state index in [0.29, 0.717) is 33.6 Å². The first-order valence-electron chi connectivity index (χ1n) is 18.3. The molecule has 0 aromatic heterocycles. The Morgan fingerprint density at radius 3 is 2.33 bits per heavy atom. The topological polar surface area (TPSA) is 49.3 Å². The minimum atomic E-state index is -0.607. The molecule has 9 atom stereocenters. The fourth-order valence-corrected chi connectivity index (χ4v) is 13.3. The zero-order valence-corrected chi connectivity index (χ0v) is 28.8. The number of carbonyl (C=O) groups is 1. The van der Waals surface area contributed by atoms with Crippen LogP contribution < -0.4 is 5.32 Å². The summed E-state index contributed by atoms with van der Waals surface area (Å²) >= 11 is 0. The summed E-state index contributed by atoms with van der Waals surface area (Å²) in [6.45, 7) is 23.7. The molecule has 5 saturated carbocycles. The van der Waals surface area contributed by atoms with Crippen LogP contribution in [0.1, 0.15) is 138 Å². The Morgan fingerprint density at radius 2 is 1.67 bits per heavy atom. The van der Waals surface area contributed by atoms with E-state index in [-0.39, 0.29) is 11.3 Å². The van der Waals surface area contributed by atoms with Crippen molar-refractivity contribution in [3.05, 3.63) is 35.5 Å². The maximum absolute atomic E-state index is 11.5. The Labute approximate surface area is 263 Å². The van der Waals surface area contributed by atoms with Gasteiger partial charge in [-0.15, -0.1) is 0 Å². The van der Waals surface area contributed by atoms with Crippen molar-refractivity contribution in [3.8, 4) is 0 Å². The van der Waals surface area contributed by atoms with E-state index in [2.05, 4.69) is 72.5 Å². The Hall–Kier alpha value is -1.35. The minimum absolute atomic E-state index is 0.149. The zero-order valence-electron chi connectivity index (χ0n) is 28.8. The molecule has 0 bridgehead atoms. The lowest BCUT2D eigenvalue weighted by Gasteiger charge is -2.72. The van der Waals surface area contributed by atoms with Crippen molar-refractivity contribution in [1.29, 1.82) is 0 Å². The number of hydrogen-bond acceptors (Lipinski definition) is 2. The number of carboxylic acid groups (broad SMARTS) is 1. The molecule has 0 aromatic carbocycles. The summed E-state index contributed by atoms with van der Waals surface area (Å²) in [5.41, 5.74) is 6.07. The number of aliphatic carboxylic acids is 1. The third-order valence-corrected chi connectivity index (χ3v) is 15.8. The van der Waals surface area contributed by atoms with Gasteiger partial charge in [0, 0.05) is 5.54 Å². The molecule has 0 amide bonds. The first-order valence-corrected chi connectivity index (χ1v) is 18.3. The molecule has 6 aliphatic carbocycles. The maximum Gasteiger partial charge on any atom is 0.306 e. The SMILES string of the molecule is C=C(C)C1CCC2(NCCC)CCC3(C)C(CCC4C5(C)CC=C(C=C6CCC(C(=O)O)CC6)C(C)(C)C5CCC43C)C12. The molecule has 0 spiro atoms. The Balaban J connectivity index is 1.30. The average molecular weight is 590 g/mol. The van der Waals surface area contributed by atoms with E-state index in [9.17, 15) is 9.90 Å². The molecule has 3 nitrogen and oxygen atoms in total. The smallest absolute Gasteiger partial charge is 0.306 e. The van der Waals surface area contributed by atoms with E-state index in [1.54, 1.807) is 5.57 Å². The largest absolute Gasteiger partial charge is 0.481 e. The van der Waals surface area contributed by atoms with Gasteiger partial charge in [0.25, 0.3) is 0 Å². The standard InChI is InChI=1S/C40H63NO2/c1-9-24-41-40-21-17-30(26(2)3)34(40)31-14-15-33-37(6)19-16-29(25-27-10-12-28(13-11-27)35(42)43)36(4,5)32(37)18-20-39(33,8)38(31,7)22-23-40/h16,25,28,30-34,41H,2,9-15,17-24H2,1,3-8H3,(H,42,43). The summed E-state index contributed by atoms with van der Waals surface area (Å²) < 4.78 is 0. The third kappa shape index (κ3) is 4.62. The van der Waals surface area contributed by atoms with Crippen LogP contribution in [0.2, 0.25) is 0 Å².